The van der Waals surface area contributed by atoms with Crippen molar-refractivity contribution in [1.82, 2.24) is 0 Å². The predicted octanol–water partition coefficient (Wildman–Crippen LogP) is 4.92. The monoisotopic (exact) mass is 280 g/mol. The number of ether oxygens (including phenoxy) is 1. The highest BCUT2D eigenvalue weighted by Crippen LogP contribution is 2.54. The molecular formula is C18H32O2. The van der Waals surface area contributed by atoms with Gasteiger partial charge in [0.1, 0.15) is 6.29 Å². The number of carbonyl (C=O) groups excluding carboxylic acids is 1. The van der Waals surface area contributed by atoms with Gasteiger partial charge in [-0.1, -0.05) is 39.3 Å². The summed E-state index contributed by atoms with van der Waals surface area (Å²) >= 11 is 0. The molecule has 0 aromatic carbocycles. The molecule has 0 aliphatic heterocycles. The first kappa shape index (κ1) is 17.4. The molecule has 3 unspecified atom stereocenters. The zero-order valence-electron chi connectivity index (χ0n) is 13.8. The van der Waals surface area contributed by atoms with Crippen LogP contribution in [0.4, 0.5) is 0 Å². The van der Waals surface area contributed by atoms with Gasteiger partial charge < -0.3 is 9.53 Å². The van der Waals surface area contributed by atoms with Crippen LogP contribution in [0.15, 0.2) is 11.6 Å². The highest BCUT2D eigenvalue weighted by atomic mass is 16.5. The van der Waals surface area contributed by atoms with Gasteiger partial charge in [0.05, 0.1) is 6.10 Å². The summed E-state index contributed by atoms with van der Waals surface area (Å²) in [6.07, 6.45) is 11.5. The van der Waals surface area contributed by atoms with Crippen LogP contribution in [0.1, 0.15) is 72.6 Å². The third-order valence-corrected chi connectivity index (χ3v) is 4.87. The summed E-state index contributed by atoms with van der Waals surface area (Å²) in [4.78, 5) is 10.6. The van der Waals surface area contributed by atoms with Gasteiger partial charge in [-0.05, 0) is 49.9 Å². The Balaban J connectivity index is 0.000000956. The van der Waals surface area contributed by atoms with Crippen molar-refractivity contribution in [1.29, 1.82) is 0 Å². The number of fused-ring (bicyclic) bond motifs is 1. The lowest BCUT2D eigenvalue weighted by molar-refractivity contribution is -0.107. The second kappa shape index (κ2) is 8.61. The molecule has 0 aromatic heterocycles. The fourth-order valence-electron chi connectivity index (χ4n) is 3.85. The van der Waals surface area contributed by atoms with Crippen molar-refractivity contribution in [3.63, 3.8) is 0 Å². The third-order valence-electron chi connectivity index (χ3n) is 4.87. The molecular weight excluding hydrogens is 248 g/mol. The Morgan fingerprint density at radius 1 is 1.45 bits per heavy atom. The molecule has 2 rings (SSSR count). The van der Waals surface area contributed by atoms with Crippen LogP contribution in [0.25, 0.3) is 0 Å². The third kappa shape index (κ3) is 3.72. The minimum atomic E-state index is 0.305. The Kier molecular flexibility index (Phi) is 7.50. The molecule has 0 amide bonds. The number of allylic oxidation sites excluding steroid dienone is 2. The molecule has 0 aromatic rings. The van der Waals surface area contributed by atoms with E-state index in [-0.39, 0.29) is 0 Å². The van der Waals surface area contributed by atoms with Gasteiger partial charge in [-0.15, -0.1) is 0 Å². The molecule has 0 saturated heterocycles. The largest absolute Gasteiger partial charge is 0.378 e. The topological polar surface area (TPSA) is 26.3 Å². The first-order valence-corrected chi connectivity index (χ1v) is 8.47. The van der Waals surface area contributed by atoms with Gasteiger partial charge in [0.15, 0.2) is 0 Å². The molecule has 0 bridgehead atoms. The van der Waals surface area contributed by atoms with Gasteiger partial charge in [0.2, 0.25) is 0 Å². The number of hydrogen-bond acceptors (Lipinski definition) is 2. The van der Waals surface area contributed by atoms with Gasteiger partial charge in [-0.2, -0.15) is 0 Å². The molecule has 0 heterocycles. The van der Waals surface area contributed by atoms with Crippen molar-refractivity contribution >= 4 is 6.29 Å². The van der Waals surface area contributed by atoms with Crippen molar-refractivity contribution in [2.75, 3.05) is 6.61 Å². The molecule has 20 heavy (non-hydrogen) atoms. The summed E-state index contributed by atoms with van der Waals surface area (Å²) in [5, 5.41) is 0. The van der Waals surface area contributed by atoms with E-state index in [1.54, 1.807) is 0 Å². The van der Waals surface area contributed by atoms with E-state index in [4.69, 9.17) is 4.74 Å². The molecule has 2 nitrogen and oxygen atoms in total. The summed E-state index contributed by atoms with van der Waals surface area (Å²) in [6, 6.07) is 0. The SMILES string of the molecule is CC.CCCOC1CCCC2(C)C(CCC=O)=CCC12. The lowest BCUT2D eigenvalue weighted by Gasteiger charge is -2.43. The molecule has 1 saturated carbocycles. The minimum absolute atomic E-state index is 0.305. The summed E-state index contributed by atoms with van der Waals surface area (Å²) in [6.45, 7) is 9.45. The van der Waals surface area contributed by atoms with Crippen molar-refractivity contribution in [2.24, 2.45) is 11.3 Å². The van der Waals surface area contributed by atoms with E-state index in [2.05, 4.69) is 19.9 Å². The van der Waals surface area contributed by atoms with Crippen molar-refractivity contribution in [2.45, 2.75) is 78.7 Å². The summed E-state index contributed by atoms with van der Waals surface area (Å²) in [7, 11) is 0. The fraction of sp³-hybridized carbons (Fsp3) is 0.833. The zero-order valence-corrected chi connectivity index (χ0v) is 13.8. The lowest BCUT2D eigenvalue weighted by Crippen LogP contribution is -2.40. The normalized spacial score (nSPS) is 31.9. The predicted molar refractivity (Wildman–Crippen MR) is 84.8 cm³/mol. The Hall–Kier alpha value is -0.630. The highest BCUT2D eigenvalue weighted by molar-refractivity contribution is 5.50. The van der Waals surface area contributed by atoms with Crippen molar-refractivity contribution in [3.8, 4) is 0 Å². The first-order chi connectivity index (χ1) is 9.72. The molecule has 0 radical (unpaired) electrons. The van der Waals surface area contributed by atoms with E-state index in [1.165, 1.54) is 24.8 Å². The number of aldehydes is 1. The summed E-state index contributed by atoms with van der Waals surface area (Å²) in [5.74, 6) is 0.652. The standard InChI is InChI=1S/C16H26O2.C2H6/c1-3-12-18-15-7-4-10-16(2)13(6-5-11-17)8-9-14(15)16;1-2/h8,11,14-15H,3-7,9-10,12H2,1-2H3;1-2H3. The molecule has 1 fully saturated rings. The fourth-order valence-corrected chi connectivity index (χ4v) is 3.85. The smallest absolute Gasteiger partial charge is 0.120 e. The Morgan fingerprint density at radius 3 is 2.85 bits per heavy atom. The molecule has 0 spiro atoms. The average molecular weight is 280 g/mol. The maximum absolute atomic E-state index is 10.6. The number of rotatable bonds is 6. The van der Waals surface area contributed by atoms with Crippen molar-refractivity contribution < 1.29 is 9.53 Å². The summed E-state index contributed by atoms with van der Waals surface area (Å²) < 4.78 is 6.06. The molecule has 3 atom stereocenters. The van der Waals surface area contributed by atoms with Crippen LogP contribution in [0, 0.1) is 11.3 Å². The van der Waals surface area contributed by atoms with Gasteiger partial charge in [-0.3, -0.25) is 0 Å². The van der Waals surface area contributed by atoms with E-state index in [0.717, 1.165) is 32.2 Å². The van der Waals surface area contributed by atoms with E-state index in [0.29, 0.717) is 23.9 Å². The van der Waals surface area contributed by atoms with Crippen LogP contribution in [0.3, 0.4) is 0 Å². The van der Waals surface area contributed by atoms with Crippen LogP contribution < -0.4 is 0 Å². The maximum atomic E-state index is 10.6. The van der Waals surface area contributed by atoms with Gasteiger partial charge >= 0.3 is 0 Å². The van der Waals surface area contributed by atoms with Crippen LogP contribution in [-0.4, -0.2) is 19.0 Å². The Labute approximate surface area is 125 Å². The van der Waals surface area contributed by atoms with Crippen LogP contribution in [0.2, 0.25) is 0 Å². The van der Waals surface area contributed by atoms with Crippen molar-refractivity contribution in [3.05, 3.63) is 11.6 Å². The van der Waals surface area contributed by atoms with Gasteiger partial charge in [-0.25, -0.2) is 0 Å². The van der Waals surface area contributed by atoms with E-state index < -0.39 is 0 Å². The van der Waals surface area contributed by atoms with Crippen LogP contribution in [0.5, 0.6) is 0 Å². The molecule has 116 valence electrons. The molecule has 2 aliphatic carbocycles. The molecule has 2 heteroatoms. The first-order valence-electron chi connectivity index (χ1n) is 8.47. The van der Waals surface area contributed by atoms with Crippen LogP contribution >= 0.6 is 0 Å². The van der Waals surface area contributed by atoms with E-state index in [1.807, 2.05) is 13.8 Å². The Bertz CT molecular complexity index is 321. The quantitative estimate of drug-likeness (QED) is 0.509. The van der Waals surface area contributed by atoms with Gasteiger partial charge in [0, 0.05) is 13.0 Å². The van der Waals surface area contributed by atoms with E-state index in [9.17, 15) is 4.79 Å². The molecule has 0 N–H and O–H groups in total. The average Bonchev–Trinajstić information content (AvgIpc) is 2.82. The van der Waals surface area contributed by atoms with Crippen LogP contribution in [-0.2, 0) is 9.53 Å². The zero-order chi connectivity index (χ0) is 15.0. The Morgan fingerprint density at radius 2 is 2.20 bits per heavy atom. The lowest BCUT2D eigenvalue weighted by atomic mass is 9.64. The second-order valence-corrected chi connectivity index (χ2v) is 6.00. The minimum Gasteiger partial charge on any atom is -0.378 e. The second-order valence-electron chi connectivity index (χ2n) is 6.00. The maximum Gasteiger partial charge on any atom is 0.120 e. The molecule has 2 aliphatic rings. The highest BCUT2D eigenvalue weighted by Gasteiger charge is 2.47. The van der Waals surface area contributed by atoms with E-state index >= 15 is 0 Å². The number of hydrogen-bond donors (Lipinski definition) is 0. The van der Waals surface area contributed by atoms with Gasteiger partial charge in [0.25, 0.3) is 0 Å². The summed E-state index contributed by atoms with van der Waals surface area (Å²) in [5.41, 5.74) is 1.82. The number of carbonyl (C=O) groups is 1.